The molecule has 23 heavy (non-hydrogen) atoms. The number of rotatable bonds is 3. The highest BCUT2D eigenvalue weighted by Crippen LogP contribution is 2.36. The minimum Gasteiger partial charge on any atom is -0.268 e. The van der Waals surface area contributed by atoms with Crippen molar-refractivity contribution in [3.05, 3.63) is 82.8 Å². The molecule has 2 nitrogen and oxygen atoms in total. The average molecular weight is 337 g/mol. The van der Waals surface area contributed by atoms with E-state index in [9.17, 15) is 4.79 Å². The normalized spacial score (nSPS) is 16.7. The second-order valence-electron chi connectivity index (χ2n) is 5.10. The number of amides is 1. The summed E-state index contributed by atoms with van der Waals surface area (Å²) in [6.07, 6.45) is 5.68. The quantitative estimate of drug-likeness (QED) is 0.583. The van der Waals surface area contributed by atoms with Crippen molar-refractivity contribution in [1.29, 1.82) is 0 Å². The number of aryl methyl sites for hydroxylation is 1. The van der Waals surface area contributed by atoms with Crippen LogP contribution in [0, 0.1) is 6.92 Å². The topological polar surface area (TPSA) is 20.3 Å². The van der Waals surface area contributed by atoms with Crippen molar-refractivity contribution in [2.45, 2.75) is 6.92 Å². The molecule has 0 atom stereocenters. The van der Waals surface area contributed by atoms with Crippen molar-refractivity contribution < 1.29 is 4.79 Å². The second-order valence-corrected chi connectivity index (χ2v) is 6.77. The maximum absolute atomic E-state index is 12.6. The van der Waals surface area contributed by atoms with Gasteiger partial charge in [-0.3, -0.25) is 9.69 Å². The van der Waals surface area contributed by atoms with Crippen LogP contribution < -0.4 is 4.90 Å². The molecule has 0 aromatic heterocycles. The average Bonchev–Trinajstić information content (AvgIpc) is 2.83. The molecule has 0 spiro atoms. The number of hydrogen-bond acceptors (Lipinski definition) is 3. The summed E-state index contributed by atoms with van der Waals surface area (Å²) in [5.41, 5.74) is 2.98. The van der Waals surface area contributed by atoms with Crippen LogP contribution in [0.25, 0.3) is 6.08 Å². The van der Waals surface area contributed by atoms with Crippen LogP contribution in [0.4, 0.5) is 5.69 Å². The molecular weight excluding hydrogens is 322 g/mol. The number of allylic oxidation sites excluding steroid dienone is 2. The monoisotopic (exact) mass is 337 g/mol. The summed E-state index contributed by atoms with van der Waals surface area (Å²) in [4.78, 5) is 14.9. The fourth-order valence-corrected chi connectivity index (χ4v) is 3.55. The number of para-hydroxylation sites is 1. The number of thioether (sulfide) groups is 1. The third kappa shape index (κ3) is 3.44. The van der Waals surface area contributed by atoms with E-state index in [4.69, 9.17) is 12.2 Å². The zero-order chi connectivity index (χ0) is 16.2. The van der Waals surface area contributed by atoms with E-state index in [0.29, 0.717) is 9.23 Å². The van der Waals surface area contributed by atoms with Gasteiger partial charge in [-0.2, -0.15) is 0 Å². The zero-order valence-electron chi connectivity index (χ0n) is 12.6. The predicted octanol–water partition coefficient (Wildman–Crippen LogP) is 4.96. The molecule has 0 unspecified atom stereocenters. The molecule has 3 rings (SSSR count). The van der Waals surface area contributed by atoms with E-state index in [0.717, 1.165) is 16.8 Å². The summed E-state index contributed by atoms with van der Waals surface area (Å²) in [5.74, 6) is -0.0630. The minimum atomic E-state index is -0.0630. The molecule has 0 aliphatic carbocycles. The first-order valence-corrected chi connectivity index (χ1v) is 8.44. The van der Waals surface area contributed by atoms with Gasteiger partial charge in [0.1, 0.15) is 0 Å². The molecule has 1 aliphatic rings. The molecule has 0 saturated carbocycles. The number of anilines is 1. The number of nitrogens with zero attached hydrogens (tertiary/aromatic N) is 1. The van der Waals surface area contributed by atoms with Gasteiger partial charge in [0.15, 0.2) is 4.32 Å². The Morgan fingerprint density at radius 3 is 2.48 bits per heavy atom. The van der Waals surface area contributed by atoms with E-state index < -0.39 is 0 Å². The Morgan fingerprint density at radius 2 is 1.74 bits per heavy atom. The van der Waals surface area contributed by atoms with Crippen molar-refractivity contribution in [1.82, 2.24) is 0 Å². The molecule has 1 aliphatic heterocycles. The fourth-order valence-electron chi connectivity index (χ4n) is 2.31. The third-order valence-electron chi connectivity index (χ3n) is 3.49. The summed E-state index contributed by atoms with van der Waals surface area (Å²) >= 11 is 6.72. The molecule has 2 aromatic rings. The third-order valence-corrected chi connectivity index (χ3v) is 4.81. The predicted molar refractivity (Wildman–Crippen MR) is 102 cm³/mol. The maximum Gasteiger partial charge on any atom is 0.270 e. The smallest absolute Gasteiger partial charge is 0.268 e. The van der Waals surface area contributed by atoms with Gasteiger partial charge in [-0.1, -0.05) is 84.7 Å². The first kappa shape index (κ1) is 15.7. The fraction of sp³-hybridized carbons (Fsp3) is 0.0526. The van der Waals surface area contributed by atoms with Crippen molar-refractivity contribution >= 4 is 46.0 Å². The first-order valence-electron chi connectivity index (χ1n) is 7.22. The molecule has 0 bridgehead atoms. The Balaban J connectivity index is 1.83. The van der Waals surface area contributed by atoms with Crippen LogP contribution in [0.3, 0.4) is 0 Å². The highest BCUT2D eigenvalue weighted by Gasteiger charge is 2.33. The highest BCUT2D eigenvalue weighted by atomic mass is 32.2. The van der Waals surface area contributed by atoms with Gasteiger partial charge < -0.3 is 0 Å². The molecule has 1 amide bonds. The number of benzene rings is 2. The SMILES string of the molecule is Cc1ccccc1N1C(=O)/C(=C/C=C/c2ccccc2)SC1=S. The lowest BCUT2D eigenvalue weighted by molar-refractivity contribution is -0.113. The standard InChI is InChI=1S/C19H15NOS2/c1-14-8-5-6-12-16(14)20-18(21)17(23-19(20)22)13-7-11-15-9-3-2-4-10-15/h2-13H,1H3/b11-7+,17-13-. The highest BCUT2D eigenvalue weighted by molar-refractivity contribution is 8.27. The van der Waals surface area contributed by atoms with E-state index in [-0.39, 0.29) is 5.91 Å². The summed E-state index contributed by atoms with van der Waals surface area (Å²) in [6.45, 7) is 1.98. The Bertz CT molecular complexity index is 809. The van der Waals surface area contributed by atoms with Crippen LogP contribution in [0.15, 0.2) is 71.7 Å². The van der Waals surface area contributed by atoms with Crippen molar-refractivity contribution in [2.75, 3.05) is 4.90 Å². The molecule has 0 radical (unpaired) electrons. The van der Waals surface area contributed by atoms with Crippen LogP contribution in [0.1, 0.15) is 11.1 Å². The summed E-state index contributed by atoms with van der Waals surface area (Å²) in [6, 6.07) is 17.7. The Labute approximate surface area is 145 Å². The van der Waals surface area contributed by atoms with E-state index in [1.807, 2.05) is 79.7 Å². The van der Waals surface area contributed by atoms with Gasteiger partial charge in [0, 0.05) is 0 Å². The van der Waals surface area contributed by atoms with Gasteiger partial charge in [-0.15, -0.1) is 0 Å². The largest absolute Gasteiger partial charge is 0.270 e. The van der Waals surface area contributed by atoms with Crippen molar-refractivity contribution in [3.8, 4) is 0 Å². The molecule has 1 saturated heterocycles. The summed E-state index contributed by atoms with van der Waals surface area (Å²) < 4.78 is 0.573. The zero-order valence-corrected chi connectivity index (χ0v) is 14.2. The summed E-state index contributed by atoms with van der Waals surface area (Å²) in [7, 11) is 0. The van der Waals surface area contributed by atoms with E-state index in [1.54, 1.807) is 4.90 Å². The molecular formula is C19H15NOS2. The van der Waals surface area contributed by atoms with Gasteiger partial charge in [0.05, 0.1) is 10.6 Å². The number of carbonyl (C=O) groups is 1. The van der Waals surface area contributed by atoms with Gasteiger partial charge >= 0.3 is 0 Å². The lowest BCUT2D eigenvalue weighted by Gasteiger charge is -2.16. The van der Waals surface area contributed by atoms with Crippen LogP contribution in [0.2, 0.25) is 0 Å². The van der Waals surface area contributed by atoms with Crippen molar-refractivity contribution in [2.24, 2.45) is 0 Å². The minimum absolute atomic E-state index is 0.0630. The lowest BCUT2D eigenvalue weighted by Crippen LogP contribution is -2.28. The molecule has 0 N–H and O–H groups in total. The van der Waals surface area contributed by atoms with Crippen LogP contribution in [-0.2, 0) is 4.79 Å². The van der Waals surface area contributed by atoms with E-state index in [1.165, 1.54) is 11.8 Å². The molecule has 114 valence electrons. The molecule has 2 aromatic carbocycles. The number of thiocarbonyl (C=S) groups is 1. The number of carbonyl (C=O) groups excluding carboxylic acids is 1. The molecule has 1 heterocycles. The molecule has 4 heteroatoms. The lowest BCUT2D eigenvalue weighted by atomic mass is 10.2. The van der Waals surface area contributed by atoms with Crippen LogP contribution >= 0.6 is 24.0 Å². The van der Waals surface area contributed by atoms with E-state index in [2.05, 4.69) is 0 Å². The Morgan fingerprint density at radius 1 is 1.04 bits per heavy atom. The number of hydrogen-bond donors (Lipinski definition) is 0. The first-order chi connectivity index (χ1) is 11.2. The Hall–Kier alpha value is -2.17. The van der Waals surface area contributed by atoms with Gasteiger partial charge in [0.2, 0.25) is 0 Å². The van der Waals surface area contributed by atoms with E-state index >= 15 is 0 Å². The van der Waals surface area contributed by atoms with Crippen molar-refractivity contribution in [3.63, 3.8) is 0 Å². The molecule has 1 fully saturated rings. The maximum atomic E-state index is 12.6. The van der Waals surface area contributed by atoms with Gasteiger partial charge in [-0.25, -0.2) is 0 Å². The van der Waals surface area contributed by atoms with Gasteiger partial charge in [0.25, 0.3) is 5.91 Å². The second kappa shape index (κ2) is 6.94. The van der Waals surface area contributed by atoms with Gasteiger partial charge in [-0.05, 0) is 30.2 Å². The summed E-state index contributed by atoms with van der Waals surface area (Å²) in [5, 5.41) is 0. The van der Waals surface area contributed by atoms with Crippen LogP contribution in [0.5, 0.6) is 0 Å². The Kier molecular flexibility index (Phi) is 4.74. The van der Waals surface area contributed by atoms with Crippen LogP contribution in [-0.4, -0.2) is 10.2 Å².